The number of methoxy groups -OCH3 is 1. The average molecular weight is 473 g/mol. The molecule has 0 radical (unpaired) electrons. The number of likely N-dealkylation sites (tertiary alicyclic amines) is 1. The quantitative estimate of drug-likeness (QED) is 0.230. The summed E-state index contributed by atoms with van der Waals surface area (Å²) in [7, 11) is 1.58. The molecule has 0 saturated carbocycles. The minimum absolute atomic E-state index is 0.0468. The first-order valence-corrected chi connectivity index (χ1v) is 11.1. The number of hydrogen-bond donors (Lipinski definition) is 2. The van der Waals surface area contributed by atoms with Gasteiger partial charge in [-0.2, -0.15) is 0 Å². The molecule has 1 unspecified atom stereocenters. The number of ether oxygens (including phenoxy) is 1. The van der Waals surface area contributed by atoms with Crippen molar-refractivity contribution in [1.82, 2.24) is 9.88 Å². The summed E-state index contributed by atoms with van der Waals surface area (Å²) >= 11 is 6.09. The summed E-state index contributed by atoms with van der Waals surface area (Å²) in [5, 5.41) is 12.6. The third-order valence-electron chi connectivity index (χ3n) is 6.08. The van der Waals surface area contributed by atoms with Crippen LogP contribution in [-0.4, -0.2) is 33.8 Å². The van der Waals surface area contributed by atoms with Crippen molar-refractivity contribution in [3.8, 4) is 5.75 Å². The number of aliphatic hydroxyl groups excluding tert-OH is 1. The number of halogens is 1. The van der Waals surface area contributed by atoms with Crippen LogP contribution in [0.25, 0.3) is 16.7 Å². The zero-order valence-corrected chi connectivity index (χ0v) is 19.0. The number of ketones is 1. The number of aromatic amines is 1. The van der Waals surface area contributed by atoms with E-state index < -0.39 is 17.7 Å². The molecule has 5 rings (SSSR count). The number of carbonyl (C=O) groups is 2. The molecule has 1 saturated heterocycles. The lowest BCUT2D eigenvalue weighted by molar-refractivity contribution is -0.140. The fourth-order valence-corrected chi connectivity index (χ4v) is 4.50. The standard InChI is InChI=1S/C27H21ClN2O4/c1-34-19-12-6-16(7-13-19)15-30-24(17-8-10-18(28)11-9-17)23(26(32)27(30)33)25(31)21-14-29-22-5-3-2-4-20(21)22/h2-14,24,29,31H,15H2,1H3/b25-23-. The number of aromatic nitrogens is 1. The number of hydrogen-bond acceptors (Lipinski definition) is 4. The SMILES string of the molecule is COc1ccc(CN2C(=O)C(=O)/C(=C(\O)c3c[nH]c4ccccc34)C2c2ccc(Cl)cc2)cc1. The van der Waals surface area contributed by atoms with E-state index in [1.165, 1.54) is 4.90 Å². The van der Waals surface area contributed by atoms with Gasteiger partial charge in [0.1, 0.15) is 11.5 Å². The molecule has 1 fully saturated rings. The number of fused-ring (bicyclic) bond motifs is 1. The van der Waals surface area contributed by atoms with Crippen LogP contribution in [0.1, 0.15) is 22.7 Å². The molecule has 1 amide bonds. The fraction of sp³-hybridized carbons (Fsp3) is 0.111. The van der Waals surface area contributed by atoms with Crippen molar-refractivity contribution < 1.29 is 19.4 Å². The molecule has 2 N–H and O–H groups in total. The molecule has 3 aromatic carbocycles. The lowest BCUT2D eigenvalue weighted by Crippen LogP contribution is -2.29. The second-order valence-corrected chi connectivity index (χ2v) is 8.51. The van der Waals surface area contributed by atoms with Crippen molar-refractivity contribution in [3.05, 3.63) is 106 Å². The summed E-state index contributed by atoms with van der Waals surface area (Å²) in [5.41, 5.74) is 2.84. The number of rotatable bonds is 5. The summed E-state index contributed by atoms with van der Waals surface area (Å²) < 4.78 is 5.21. The highest BCUT2D eigenvalue weighted by Crippen LogP contribution is 2.41. The Morgan fingerprint density at radius 1 is 1.03 bits per heavy atom. The lowest BCUT2D eigenvalue weighted by Gasteiger charge is -2.25. The minimum atomic E-state index is -0.770. The monoisotopic (exact) mass is 472 g/mol. The number of benzene rings is 3. The Kier molecular flexibility index (Phi) is 5.59. The van der Waals surface area contributed by atoms with E-state index in [2.05, 4.69) is 4.98 Å². The second-order valence-electron chi connectivity index (χ2n) is 8.07. The van der Waals surface area contributed by atoms with Crippen molar-refractivity contribution in [3.63, 3.8) is 0 Å². The number of H-pyrrole nitrogens is 1. The van der Waals surface area contributed by atoms with Crippen molar-refractivity contribution in [2.75, 3.05) is 7.11 Å². The van der Waals surface area contributed by atoms with Gasteiger partial charge in [0.25, 0.3) is 11.7 Å². The van der Waals surface area contributed by atoms with Crippen molar-refractivity contribution in [1.29, 1.82) is 0 Å². The van der Waals surface area contributed by atoms with Crippen LogP contribution in [0.5, 0.6) is 5.75 Å². The molecule has 4 aromatic rings. The Balaban J connectivity index is 1.65. The molecule has 1 aliphatic rings. The molecule has 34 heavy (non-hydrogen) atoms. The Labute approximate surface area is 201 Å². The third-order valence-corrected chi connectivity index (χ3v) is 6.33. The van der Waals surface area contributed by atoms with Crippen molar-refractivity contribution >= 4 is 40.0 Å². The van der Waals surface area contributed by atoms with Gasteiger partial charge in [0.2, 0.25) is 0 Å². The first-order chi connectivity index (χ1) is 16.5. The van der Waals surface area contributed by atoms with Gasteiger partial charge in [-0.05, 0) is 41.5 Å². The molecule has 1 atom stereocenters. The minimum Gasteiger partial charge on any atom is -0.507 e. The summed E-state index contributed by atoms with van der Waals surface area (Å²) in [6.45, 7) is 0.187. The van der Waals surface area contributed by atoms with Gasteiger partial charge in [-0.1, -0.05) is 54.1 Å². The molecule has 0 aliphatic carbocycles. The third kappa shape index (κ3) is 3.72. The molecule has 6 nitrogen and oxygen atoms in total. The normalized spacial score (nSPS) is 17.5. The molecule has 0 bridgehead atoms. The van der Waals surface area contributed by atoms with Gasteiger partial charge < -0.3 is 19.7 Å². The number of nitrogens with zero attached hydrogens (tertiary/aromatic N) is 1. The van der Waals surface area contributed by atoms with Gasteiger partial charge >= 0.3 is 0 Å². The second kappa shape index (κ2) is 8.72. The highest BCUT2D eigenvalue weighted by Gasteiger charge is 2.46. The van der Waals surface area contributed by atoms with Crippen LogP contribution in [-0.2, 0) is 16.1 Å². The van der Waals surface area contributed by atoms with E-state index in [0.717, 1.165) is 16.5 Å². The Hall–Kier alpha value is -4.03. The molecular weight excluding hydrogens is 452 g/mol. The highest BCUT2D eigenvalue weighted by molar-refractivity contribution is 6.46. The number of para-hydroxylation sites is 1. The maximum atomic E-state index is 13.3. The van der Waals surface area contributed by atoms with E-state index in [-0.39, 0.29) is 17.9 Å². The summed E-state index contributed by atoms with van der Waals surface area (Å²) in [6.07, 6.45) is 1.65. The first kappa shape index (κ1) is 21.8. The molecule has 1 aliphatic heterocycles. The average Bonchev–Trinajstić information content (AvgIpc) is 3.40. The van der Waals surface area contributed by atoms with E-state index in [0.29, 0.717) is 21.9 Å². The summed E-state index contributed by atoms with van der Waals surface area (Å²) in [5.74, 6) is -0.916. The zero-order valence-electron chi connectivity index (χ0n) is 18.3. The van der Waals surface area contributed by atoms with Crippen LogP contribution >= 0.6 is 11.6 Å². The molecule has 170 valence electrons. The zero-order chi connectivity index (χ0) is 23.8. The van der Waals surface area contributed by atoms with Crippen LogP contribution < -0.4 is 4.74 Å². The largest absolute Gasteiger partial charge is 0.507 e. The molecular formula is C27H21ClN2O4. The van der Waals surface area contributed by atoms with Crippen LogP contribution in [0.15, 0.2) is 84.6 Å². The van der Waals surface area contributed by atoms with Crippen LogP contribution in [0.3, 0.4) is 0 Å². The van der Waals surface area contributed by atoms with E-state index in [9.17, 15) is 14.7 Å². The summed E-state index contributed by atoms with van der Waals surface area (Å²) in [6, 6.07) is 20.9. The predicted molar refractivity (Wildman–Crippen MR) is 131 cm³/mol. The molecule has 1 aromatic heterocycles. The fourth-order valence-electron chi connectivity index (χ4n) is 4.37. The Bertz CT molecular complexity index is 1420. The number of aliphatic hydroxyl groups is 1. The highest BCUT2D eigenvalue weighted by atomic mass is 35.5. The van der Waals surface area contributed by atoms with Gasteiger partial charge in [0, 0.05) is 34.2 Å². The Morgan fingerprint density at radius 2 is 1.74 bits per heavy atom. The Morgan fingerprint density at radius 3 is 2.44 bits per heavy atom. The smallest absolute Gasteiger partial charge is 0.295 e. The summed E-state index contributed by atoms with van der Waals surface area (Å²) in [4.78, 5) is 31.1. The van der Waals surface area contributed by atoms with E-state index in [1.807, 2.05) is 36.4 Å². The van der Waals surface area contributed by atoms with E-state index in [1.54, 1.807) is 49.7 Å². The van der Waals surface area contributed by atoms with Crippen LogP contribution in [0.4, 0.5) is 0 Å². The van der Waals surface area contributed by atoms with Crippen molar-refractivity contribution in [2.45, 2.75) is 12.6 Å². The number of carbonyl (C=O) groups excluding carboxylic acids is 2. The number of amides is 1. The lowest BCUT2D eigenvalue weighted by atomic mass is 9.95. The van der Waals surface area contributed by atoms with Crippen LogP contribution in [0.2, 0.25) is 5.02 Å². The van der Waals surface area contributed by atoms with Gasteiger partial charge in [-0.25, -0.2) is 0 Å². The number of Topliss-reactive ketones (excluding diaryl/α,β-unsaturated/α-hetero) is 1. The maximum absolute atomic E-state index is 13.3. The molecule has 2 heterocycles. The maximum Gasteiger partial charge on any atom is 0.295 e. The topological polar surface area (TPSA) is 82.6 Å². The van der Waals surface area contributed by atoms with Gasteiger partial charge in [-0.3, -0.25) is 9.59 Å². The van der Waals surface area contributed by atoms with Crippen molar-refractivity contribution in [2.24, 2.45) is 0 Å². The first-order valence-electron chi connectivity index (χ1n) is 10.7. The van der Waals surface area contributed by atoms with E-state index >= 15 is 0 Å². The van der Waals surface area contributed by atoms with E-state index in [4.69, 9.17) is 16.3 Å². The predicted octanol–water partition coefficient (Wildman–Crippen LogP) is 5.45. The van der Waals surface area contributed by atoms with Crippen LogP contribution in [0, 0.1) is 0 Å². The molecule has 7 heteroatoms. The van der Waals surface area contributed by atoms with Gasteiger partial charge in [0.05, 0.1) is 18.7 Å². The van der Waals surface area contributed by atoms with Gasteiger partial charge in [0.15, 0.2) is 0 Å². The molecule has 0 spiro atoms. The number of nitrogens with one attached hydrogen (secondary N) is 1. The van der Waals surface area contributed by atoms with Gasteiger partial charge in [-0.15, -0.1) is 0 Å².